The van der Waals surface area contributed by atoms with Crippen LogP contribution < -0.4 is 5.32 Å². The lowest BCUT2D eigenvalue weighted by molar-refractivity contribution is -0.138. The monoisotopic (exact) mass is 309 g/mol. The van der Waals surface area contributed by atoms with E-state index in [2.05, 4.69) is 25.2 Å². The van der Waals surface area contributed by atoms with Crippen LogP contribution in [0.2, 0.25) is 0 Å². The number of hydrogen-bond acceptors (Lipinski definition) is 4. The molecule has 1 saturated heterocycles. The molecule has 4 heteroatoms. The van der Waals surface area contributed by atoms with Crippen LogP contribution in [0.3, 0.4) is 0 Å². The predicted molar refractivity (Wildman–Crippen MR) is 88.6 cm³/mol. The topological polar surface area (TPSA) is 50.7 Å². The van der Waals surface area contributed by atoms with Crippen LogP contribution >= 0.6 is 0 Å². The third-order valence-electron chi connectivity index (χ3n) is 4.42. The minimum Gasteiger partial charge on any atom is -0.498 e. The maximum atomic E-state index is 11.4. The molecule has 1 aliphatic carbocycles. The second-order valence-electron chi connectivity index (χ2n) is 6.83. The van der Waals surface area contributed by atoms with E-state index >= 15 is 0 Å². The van der Waals surface area contributed by atoms with Gasteiger partial charge in [-0.05, 0) is 38.2 Å². The molecule has 1 aliphatic heterocycles. The molecular weight excluding hydrogens is 278 g/mol. The Morgan fingerprint density at radius 2 is 2.32 bits per heavy atom. The summed E-state index contributed by atoms with van der Waals surface area (Å²) in [5.41, 5.74) is -0.812. The summed E-state index contributed by atoms with van der Waals surface area (Å²) in [6.07, 6.45) is 8.45. The van der Waals surface area contributed by atoms with E-state index in [1.54, 1.807) is 0 Å². The summed E-state index contributed by atoms with van der Waals surface area (Å²) in [5, 5.41) is 14.7. The molecule has 2 aliphatic rings. The van der Waals surface area contributed by atoms with Crippen LogP contribution in [0.1, 0.15) is 40.0 Å². The van der Waals surface area contributed by atoms with Crippen molar-refractivity contribution in [2.24, 2.45) is 11.8 Å². The summed E-state index contributed by atoms with van der Waals surface area (Å²) in [5.74, 6) is 1.66. The van der Waals surface area contributed by atoms with Gasteiger partial charge in [-0.1, -0.05) is 26.0 Å². The number of morpholine rings is 1. The van der Waals surface area contributed by atoms with Gasteiger partial charge in [0, 0.05) is 19.0 Å². The van der Waals surface area contributed by atoms with Crippen LogP contribution in [0.15, 0.2) is 24.0 Å². The van der Waals surface area contributed by atoms with Crippen molar-refractivity contribution in [1.29, 1.82) is 0 Å². The van der Waals surface area contributed by atoms with Gasteiger partial charge in [0.25, 0.3) is 0 Å². The highest BCUT2D eigenvalue weighted by molar-refractivity contribution is 5.17. The summed E-state index contributed by atoms with van der Waals surface area (Å²) in [6.45, 7) is 9.24. The van der Waals surface area contributed by atoms with Crippen molar-refractivity contribution >= 4 is 0 Å². The van der Waals surface area contributed by atoms with Crippen LogP contribution in [0.5, 0.6) is 0 Å². The van der Waals surface area contributed by atoms with Gasteiger partial charge in [0.15, 0.2) is 0 Å². The quantitative estimate of drug-likeness (QED) is 0.759. The Morgan fingerprint density at radius 3 is 2.95 bits per heavy atom. The summed E-state index contributed by atoms with van der Waals surface area (Å²) in [6, 6.07) is 0. The van der Waals surface area contributed by atoms with Gasteiger partial charge in [-0.25, -0.2) is 0 Å². The highest BCUT2D eigenvalue weighted by Crippen LogP contribution is 2.36. The molecule has 126 valence electrons. The van der Waals surface area contributed by atoms with Crippen molar-refractivity contribution in [3.05, 3.63) is 24.0 Å². The summed E-state index contributed by atoms with van der Waals surface area (Å²) in [7, 11) is 0. The molecule has 0 radical (unpaired) electrons. The molecule has 0 aromatic rings. The number of allylic oxidation sites excluding steroid dienone is 4. The smallest absolute Gasteiger partial charge is 0.0994 e. The standard InChI is InChI=1S/C18H31NO3/c1-4-21-16-8-6-5-7-15(16)12-18(20,11-14(2)3)17-13-19-9-10-22-17/h5-6,8,14-15,17,19-20H,4,7,9-13H2,1-3H3. The average Bonchev–Trinajstić information content (AvgIpc) is 2.50. The minimum absolute atomic E-state index is 0.141. The van der Waals surface area contributed by atoms with Gasteiger partial charge in [-0.2, -0.15) is 0 Å². The van der Waals surface area contributed by atoms with Gasteiger partial charge in [-0.3, -0.25) is 0 Å². The van der Waals surface area contributed by atoms with Crippen molar-refractivity contribution in [2.45, 2.75) is 51.7 Å². The molecule has 1 fully saturated rings. The molecule has 0 aromatic carbocycles. The maximum absolute atomic E-state index is 11.4. The van der Waals surface area contributed by atoms with Crippen LogP contribution in [0, 0.1) is 11.8 Å². The average molecular weight is 309 g/mol. The van der Waals surface area contributed by atoms with Crippen LogP contribution in [0.25, 0.3) is 0 Å². The third-order valence-corrected chi connectivity index (χ3v) is 4.42. The highest BCUT2D eigenvalue weighted by Gasteiger charge is 2.41. The van der Waals surface area contributed by atoms with E-state index in [4.69, 9.17) is 9.47 Å². The summed E-state index contributed by atoms with van der Waals surface area (Å²) < 4.78 is 11.7. The molecule has 2 N–H and O–H groups in total. The van der Waals surface area contributed by atoms with Crippen molar-refractivity contribution in [3.8, 4) is 0 Å². The molecule has 2 rings (SSSR count). The Hall–Kier alpha value is -0.840. The Bertz CT molecular complexity index is 399. The first-order valence-electron chi connectivity index (χ1n) is 8.59. The molecule has 0 bridgehead atoms. The van der Waals surface area contributed by atoms with E-state index in [1.807, 2.05) is 19.1 Å². The lowest BCUT2D eigenvalue weighted by Crippen LogP contribution is -2.54. The number of aliphatic hydroxyl groups is 1. The van der Waals surface area contributed by atoms with Crippen LogP contribution in [-0.2, 0) is 9.47 Å². The minimum atomic E-state index is -0.812. The van der Waals surface area contributed by atoms with Gasteiger partial charge < -0.3 is 19.9 Å². The first-order chi connectivity index (χ1) is 10.5. The summed E-state index contributed by atoms with van der Waals surface area (Å²) in [4.78, 5) is 0. The van der Waals surface area contributed by atoms with Gasteiger partial charge >= 0.3 is 0 Å². The molecule has 0 amide bonds. The third kappa shape index (κ3) is 4.58. The molecule has 3 atom stereocenters. The van der Waals surface area contributed by atoms with E-state index in [-0.39, 0.29) is 12.0 Å². The summed E-state index contributed by atoms with van der Waals surface area (Å²) >= 11 is 0. The first-order valence-corrected chi connectivity index (χ1v) is 8.59. The maximum Gasteiger partial charge on any atom is 0.0994 e. The van der Waals surface area contributed by atoms with E-state index in [1.165, 1.54) is 0 Å². The Morgan fingerprint density at radius 1 is 1.50 bits per heavy atom. The largest absolute Gasteiger partial charge is 0.498 e. The van der Waals surface area contributed by atoms with Gasteiger partial charge in [-0.15, -0.1) is 0 Å². The Balaban J connectivity index is 2.11. The molecule has 4 nitrogen and oxygen atoms in total. The molecule has 0 spiro atoms. The zero-order chi connectivity index (χ0) is 16.0. The molecule has 0 saturated carbocycles. The first kappa shape index (κ1) is 17.5. The van der Waals surface area contributed by atoms with E-state index in [0.717, 1.165) is 31.7 Å². The van der Waals surface area contributed by atoms with E-state index < -0.39 is 5.60 Å². The zero-order valence-electron chi connectivity index (χ0n) is 14.2. The highest BCUT2D eigenvalue weighted by atomic mass is 16.5. The van der Waals surface area contributed by atoms with Gasteiger partial charge in [0.1, 0.15) is 0 Å². The lowest BCUT2D eigenvalue weighted by atomic mass is 9.77. The fourth-order valence-electron chi connectivity index (χ4n) is 3.56. The molecular formula is C18H31NO3. The van der Waals surface area contributed by atoms with Gasteiger partial charge in [0.2, 0.25) is 0 Å². The van der Waals surface area contributed by atoms with Crippen molar-refractivity contribution in [1.82, 2.24) is 5.32 Å². The number of nitrogens with one attached hydrogen (secondary N) is 1. The fraction of sp³-hybridized carbons (Fsp3) is 0.778. The number of rotatable bonds is 7. The molecule has 22 heavy (non-hydrogen) atoms. The Kier molecular flexibility index (Phi) is 6.48. The number of ether oxygens (including phenoxy) is 2. The fourth-order valence-corrected chi connectivity index (χ4v) is 3.56. The normalized spacial score (nSPS) is 28.3. The molecule has 3 unspecified atom stereocenters. The van der Waals surface area contributed by atoms with Crippen molar-refractivity contribution in [3.63, 3.8) is 0 Å². The lowest BCUT2D eigenvalue weighted by Gasteiger charge is -2.42. The van der Waals surface area contributed by atoms with Gasteiger partial charge in [0.05, 0.1) is 30.7 Å². The van der Waals surface area contributed by atoms with E-state index in [9.17, 15) is 5.11 Å². The second kappa shape index (κ2) is 8.14. The number of hydrogen-bond donors (Lipinski definition) is 2. The predicted octanol–water partition coefficient (Wildman–Crippen LogP) is 2.64. The van der Waals surface area contributed by atoms with Crippen LogP contribution in [-0.4, -0.2) is 43.1 Å². The van der Waals surface area contributed by atoms with Crippen molar-refractivity contribution in [2.75, 3.05) is 26.3 Å². The molecule has 0 aromatic heterocycles. The van der Waals surface area contributed by atoms with Crippen molar-refractivity contribution < 1.29 is 14.6 Å². The molecule has 1 heterocycles. The second-order valence-corrected chi connectivity index (χ2v) is 6.83. The SMILES string of the molecule is CCOC1=CC=CCC1CC(O)(CC(C)C)C1CNCCO1. The van der Waals surface area contributed by atoms with Crippen LogP contribution in [0.4, 0.5) is 0 Å². The van der Waals surface area contributed by atoms with E-state index in [0.29, 0.717) is 25.6 Å². The zero-order valence-corrected chi connectivity index (χ0v) is 14.2. The Labute approximate surface area is 134 Å².